The molecule has 0 unspecified atom stereocenters. The molecule has 0 saturated heterocycles. The van der Waals surface area contributed by atoms with Gasteiger partial charge in [0.05, 0.1) is 0 Å². The molecule has 96 valence electrons. The number of nitrogens with two attached hydrogens (primary N) is 1. The lowest BCUT2D eigenvalue weighted by molar-refractivity contribution is -0.123. The van der Waals surface area contributed by atoms with E-state index in [1.165, 1.54) is 5.56 Å². The van der Waals surface area contributed by atoms with Gasteiger partial charge in [0.25, 0.3) is 0 Å². The molecule has 0 radical (unpaired) electrons. The smallest absolute Gasteiger partial charge is 0.230 e. The number of amides is 1. The topological polar surface area (TPSA) is 46.3 Å². The van der Waals surface area contributed by atoms with Crippen LogP contribution in [0.2, 0.25) is 0 Å². The van der Waals surface area contributed by atoms with Crippen molar-refractivity contribution in [3.63, 3.8) is 0 Å². The van der Waals surface area contributed by atoms with Gasteiger partial charge in [0.2, 0.25) is 5.91 Å². The Morgan fingerprint density at radius 3 is 2.67 bits per heavy atom. The quantitative estimate of drug-likeness (QED) is 0.822. The Bertz CT molecular complexity index is 450. The van der Waals surface area contributed by atoms with Gasteiger partial charge in [-0.2, -0.15) is 0 Å². The zero-order chi connectivity index (χ0) is 12.5. The second kappa shape index (κ2) is 4.73. The van der Waals surface area contributed by atoms with Crippen LogP contribution in [0.3, 0.4) is 0 Å². The van der Waals surface area contributed by atoms with Gasteiger partial charge in [-0.3, -0.25) is 4.79 Å². The fourth-order valence-electron chi connectivity index (χ4n) is 3.15. The van der Waals surface area contributed by atoms with E-state index < -0.39 is 0 Å². The average Bonchev–Trinajstić information content (AvgIpc) is 2.82. The Kier molecular flexibility index (Phi) is 3.08. The molecular weight excluding hydrogens is 224 g/mol. The van der Waals surface area contributed by atoms with Crippen LogP contribution < -0.4 is 10.6 Å². The highest BCUT2D eigenvalue weighted by atomic mass is 16.2. The summed E-state index contributed by atoms with van der Waals surface area (Å²) in [5, 5.41) is 0. The summed E-state index contributed by atoms with van der Waals surface area (Å²) < 4.78 is 0. The number of para-hydroxylation sites is 1. The van der Waals surface area contributed by atoms with E-state index in [1.807, 2.05) is 17.0 Å². The molecule has 3 rings (SSSR count). The molecule has 3 nitrogen and oxygen atoms in total. The molecule has 2 aliphatic rings. The molecule has 0 bridgehead atoms. The van der Waals surface area contributed by atoms with Gasteiger partial charge >= 0.3 is 0 Å². The van der Waals surface area contributed by atoms with Crippen LogP contribution >= 0.6 is 0 Å². The van der Waals surface area contributed by atoms with Gasteiger partial charge in [-0.1, -0.05) is 18.2 Å². The van der Waals surface area contributed by atoms with E-state index in [1.54, 1.807) is 0 Å². The largest absolute Gasteiger partial charge is 0.328 e. The molecule has 2 N–H and O–H groups in total. The van der Waals surface area contributed by atoms with E-state index in [9.17, 15) is 4.79 Å². The van der Waals surface area contributed by atoms with Crippen LogP contribution in [0.5, 0.6) is 0 Å². The molecule has 1 aromatic rings. The molecule has 1 saturated carbocycles. The molecule has 1 fully saturated rings. The lowest BCUT2D eigenvalue weighted by Crippen LogP contribution is -2.38. The predicted molar refractivity (Wildman–Crippen MR) is 72.4 cm³/mol. The molecule has 1 aliphatic carbocycles. The number of carbonyl (C=O) groups is 1. The summed E-state index contributed by atoms with van der Waals surface area (Å²) in [4.78, 5) is 14.5. The zero-order valence-electron chi connectivity index (χ0n) is 10.6. The molecule has 0 aromatic heterocycles. The maximum absolute atomic E-state index is 12.6. The first kappa shape index (κ1) is 11.7. The van der Waals surface area contributed by atoms with Crippen molar-refractivity contribution in [1.29, 1.82) is 0 Å². The number of benzene rings is 1. The van der Waals surface area contributed by atoms with Crippen LogP contribution in [0.1, 0.15) is 31.2 Å². The SMILES string of the molecule is NC1CCC(C(=O)N2CCc3ccccc32)CC1. The van der Waals surface area contributed by atoms with E-state index >= 15 is 0 Å². The second-order valence-corrected chi connectivity index (χ2v) is 5.48. The molecule has 3 heteroatoms. The number of carbonyl (C=O) groups excluding carboxylic acids is 1. The molecule has 0 spiro atoms. The van der Waals surface area contributed by atoms with Crippen molar-refractivity contribution in [3.8, 4) is 0 Å². The van der Waals surface area contributed by atoms with Crippen molar-refractivity contribution in [1.82, 2.24) is 0 Å². The first-order valence-electron chi connectivity index (χ1n) is 6.90. The van der Waals surface area contributed by atoms with E-state index in [2.05, 4.69) is 12.1 Å². The molecule has 1 aliphatic heterocycles. The number of fused-ring (bicyclic) bond motifs is 1. The lowest BCUT2D eigenvalue weighted by atomic mass is 9.85. The zero-order valence-corrected chi connectivity index (χ0v) is 10.6. The minimum absolute atomic E-state index is 0.191. The van der Waals surface area contributed by atoms with Crippen LogP contribution in [0, 0.1) is 5.92 Å². The first-order valence-corrected chi connectivity index (χ1v) is 6.90. The Balaban J connectivity index is 1.74. The summed E-state index contributed by atoms with van der Waals surface area (Å²) >= 11 is 0. The standard InChI is InChI=1S/C15H20N2O/c16-13-7-5-12(6-8-13)15(18)17-10-9-11-3-1-2-4-14(11)17/h1-4,12-13H,5-10,16H2. The summed E-state index contributed by atoms with van der Waals surface area (Å²) in [7, 11) is 0. The highest BCUT2D eigenvalue weighted by molar-refractivity contribution is 5.97. The van der Waals surface area contributed by atoms with Gasteiger partial charge in [-0.15, -0.1) is 0 Å². The molecular formula is C15H20N2O. The van der Waals surface area contributed by atoms with Gasteiger partial charge in [0.1, 0.15) is 0 Å². The number of anilines is 1. The van der Waals surface area contributed by atoms with E-state index in [4.69, 9.17) is 5.73 Å². The summed E-state index contributed by atoms with van der Waals surface area (Å²) in [5.74, 6) is 0.503. The third kappa shape index (κ3) is 2.03. The number of hydrogen-bond donors (Lipinski definition) is 1. The molecule has 0 atom stereocenters. The minimum Gasteiger partial charge on any atom is -0.328 e. The summed E-state index contributed by atoms with van der Waals surface area (Å²) in [5.41, 5.74) is 8.33. The summed E-state index contributed by atoms with van der Waals surface area (Å²) in [6.45, 7) is 0.848. The van der Waals surface area contributed by atoms with Crippen molar-refractivity contribution in [2.24, 2.45) is 11.7 Å². The van der Waals surface area contributed by atoms with Crippen molar-refractivity contribution >= 4 is 11.6 Å². The number of hydrogen-bond acceptors (Lipinski definition) is 2. The minimum atomic E-state index is 0.191. The monoisotopic (exact) mass is 244 g/mol. The molecule has 1 aromatic carbocycles. The van der Waals surface area contributed by atoms with Crippen molar-refractivity contribution in [2.75, 3.05) is 11.4 Å². The van der Waals surface area contributed by atoms with E-state index in [0.29, 0.717) is 11.9 Å². The normalized spacial score (nSPS) is 27.1. The Labute approximate surface area is 108 Å². The van der Waals surface area contributed by atoms with E-state index in [-0.39, 0.29) is 5.92 Å². The first-order chi connectivity index (χ1) is 8.75. The Morgan fingerprint density at radius 2 is 1.89 bits per heavy atom. The van der Waals surface area contributed by atoms with Gasteiger partial charge in [-0.05, 0) is 43.7 Å². The molecule has 1 amide bonds. The van der Waals surface area contributed by atoms with Crippen molar-refractivity contribution < 1.29 is 4.79 Å². The maximum atomic E-state index is 12.6. The maximum Gasteiger partial charge on any atom is 0.230 e. The van der Waals surface area contributed by atoms with Crippen LogP contribution in [0.15, 0.2) is 24.3 Å². The number of rotatable bonds is 1. The Hall–Kier alpha value is -1.35. The Morgan fingerprint density at radius 1 is 1.17 bits per heavy atom. The highest BCUT2D eigenvalue weighted by Gasteiger charge is 2.31. The van der Waals surface area contributed by atoms with Gasteiger partial charge in [-0.25, -0.2) is 0 Å². The van der Waals surface area contributed by atoms with E-state index in [0.717, 1.165) is 44.3 Å². The van der Waals surface area contributed by atoms with Crippen molar-refractivity contribution in [2.45, 2.75) is 38.1 Å². The van der Waals surface area contributed by atoms with Crippen molar-refractivity contribution in [3.05, 3.63) is 29.8 Å². The fourth-order valence-corrected chi connectivity index (χ4v) is 3.15. The van der Waals surface area contributed by atoms with Crippen LogP contribution in [0.4, 0.5) is 5.69 Å². The van der Waals surface area contributed by atoms with Gasteiger partial charge in [0.15, 0.2) is 0 Å². The third-order valence-electron chi connectivity index (χ3n) is 4.27. The molecule has 1 heterocycles. The molecule has 18 heavy (non-hydrogen) atoms. The number of nitrogens with zero attached hydrogens (tertiary/aromatic N) is 1. The lowest BCUT2D eigenvalue weighted by Gasteiger charge is -2.29. The summed E-state index contributed by atoms with van der Waals surface area (Å²) in [6.07, 6.45) is 4.89. The van der Waals surface area contributed by atoms with Gasteiger partial charge in [0, 0.05) is 24.2 Å². The van der Waals surface area contributed by atoms with Gasteiger partial charge < -0.3 is 10.6 Å². The predicted octanol–water partition coefficient (Wildman–Crippen LogP) is 2.09. The van der Waals surface area contributed by atoms with Crippen LogP contribution in [0.25, 0.3) is 0 Å². The second-order valence-electron chi connectivity index (χ2n) is 5.48. The van der Waals surface area contributed by atoms with Crippen LogP contribution in [-0.2, 0) is 11.2 Å². The van der Waals surface area contributed by atoms with Crippen LogP contribution in [-0.4, -0.2) is 18.5 Å². The summed E-state index contributed by atoms with van der Waals surface area (Å²) in [6, 6.07) is 8.56. The fraction of sp³-hybridized carbons (Fsp3) is 0.533. The highest BCUT2D eigenvalue weighted by Crippen LogP contribution is 2.32. The third-order valence-corrected chi connectivity index (χ3v) is 4.27. The average molecular weight is 244 g/mol.